The summed E-state index contributed by atoms with van der Waals surface area (Å²) in [4.78, 5) is 6.86. The van der Waals surface area contributed by atoms with E-state index in [2.05, 4.69) is 26.6 Å². The quantitative estimate of drug-likeness (QED) is 0.298. The SMILES string of the molecule is CCOc1cc(NC(=NC)NCC(c2ccco2)N2CCCCC2)ccc1OC.I. The van der Waals surface area contributed by atoms with Gasteiger partial charge in [-0.25, -0.2) is 0 Å². The summed E-state index contributed by atoms with van der Waals surface area (Å²) in [6, 6.07) is 9.94. The van der Waals surface area contributed by atoms with Gasteiger partial charge in [-0.15, -0.1) is 24.0 Å². The molecule has 0 aliphatic carbocycles. The smallest absolute Gasteiger partial charge is 0.195 e. The van der Waals surface area contributed by atoms with Gasteiger partial charge in [0.15, 0.2) is 17.5 Å². The lowest BCUT2D eigenvalue weighted by Gasteiger charge is -2.33. The Labute approximate surface area is 196 Å². The van der Waals surface area contributed by atoms with Crippen molar-refractivity contribution in [1.29, 1.82) is 0 Å². The van der Waals surface area contributed by atoms with Gasteiger partial charge in [-0.05, 0) is 57.1 Å². The normalized spacial score (nSPS) is 15.8. The molecule has 1 unspecified atom stereocenters. The number of benzene rings is 1. The summed E-state index contributed by atoms with van der Waals surface area (Å²) < 4.78 is 16.8. The van der Waals surface area contributed by atoms with E-state index in [9.17, 15) is 0 Å². The number of nitrogens with zero attached hydrogens (tertiary/aromatic N) is 2. The largest absolute Gasteiger partial charge is 0.493 e. The molecule has 1 aliphatic rings. The maximum Gasteiger partial charge on any atom is 0.195 e. The third-order valence-electron chi connectivity index (χ3n) is 5.12. The van der Waals surface area contributed by atoms with Crippen LogP contribution in [-0.4, -0.2) is 51.3 Å². The molecule has 3 rings (SSSR count). The van der Waals surface area contributed by atoms with Crippen LogP contribution in [0.25, 0.3) is 0 Å². The maximum atomic E-state index is 5.73. The molecule has 2 heterocycles. The maximum absolute atomic E-state index is 5.73. The fourth-order valence-electron chi connectivity index (χ4n) is 3.65. The zero-order valence-electron chi connectivity index (χ0n) is 18.0. The van der Waals surface area contributed by atoms with E-state index in [0.717, 1.165) is 24.5 Å². The van der Waals surface area contributed by atoms with Crippen molar-refractivity contribution in [2.75, 3.05) is 45.7 Å². The van der Waals surface area contributed by atoms with E-state index in [4.69, 9.17) is 13.9 Å². The fraction of sp³-hybridized carbons (Fsp3) is 0.500. The van der Waals surface area contributed by atoms with Crippen LogP contribution in [0, 0.1) is 0 Å². The molecule has 0 radical (unpaired) electrons. The van der Waals surface area contributed by atoms with E-state index in [0.29, 0.717) is 30.6 Å². The molecule has 0 spiro atoms. The molecule has 2 aromatic rings. The highest BCUT2D eigenvalue weighted by Crippen LogP contribution is 2.30. The van der Waals surface area contributed by atoms with Gasteiger partial charge in [0.05, 0.1) is 26.0 Å². The van der Waals surface area contributed by atoms with Gasteiger partial charge in [0, 0.05) is 25.3 Å². The van der Waals surface area contributed by atoms with Crippen LogP contribution in [0.3, 0.4) is 0 Å². The lowest BCUT2D eigenvalue weighted by atomic mass is 10.1. The highest BCUT2D eigenvalue weighted by Gasteiger charge is 2.24. The number of anilines is 1. The molecule has 1 fully saturated rings. The second-order valence-electron chi connectivity index (χ2n) is 7.00. The monoisotopic (exact) mass is 528 g/mol. The van der Waals surface area contributed by atoms with Crippen molar-refractivity contribution in [3.8, 4) is 11.5 Å². The molecular weight excluding hydrogens is 495 g/mol. The Morgan fingerprint density at radius 2 is 2.00 bits per heavy atom. The Morgan fingerprint density at radius 3 is 2.63 bits per heavy atom. The Kier molecular flexibility index (Phi) is 10.3. The van der Waals surface area contributed by atoms with Gasteiger partial charge >= 0.3 is 0 Å². The summed E-state index contributed by atoms with van der Waals surface area (Å²) in [5.41, 5.74) is 0.884. The molecule has 7 nitrogen and oxygen atoms in total. The zero-order valence-corrected chi connectivity index (χ0v) is 20.3. The van der Waals surface area contributed by atoms with Crippen molar-refractivity contribution >= 4 is 35.6 Å². The third-order valence-corrected chi connectivity index (χ3v) is 5.12. The second kappa shape index (κ2) is 12.7. The Hall–Kier alpha value is -1.94. The van der Waals surface area contributed by atoms with Gasteiger partial charge in [0.2, 0.25) is 0 Å². The van der Waals surface area contributed by atoms with Crippen LogP contribution in [0.5, 0.6) is 11.5 Å². The van der Waals surface area contributed by atoms with E-state index in [1.165, 1.54) is 19.3 Å². The van der Waals surface area contributed by atoms with E-state index in [1.807, 2.05) is 31.2 Å². The number of likely N-dealkylation sites (tertiary alicyclic amines) is 1. The lowest BCUT2D eigenvalue weighted by Crippen LogP contribution is -2.42. The average molecular weight is 528 g/mol. The summed E-state index contributed by atoms with van der Waals surface area (Å²) in [6.07, 6.45) is 5.51. The number of halogens is 1. The number of guanidine groups is 1. The molecule has 1 aromatic heterocycles. The molecule has 0 bridgehead atoms. The molecule has 30 heavy (non-hydrogen) atoms. The van der Waals surface area contributed by atoms with Crippen LogP contribution in [0.4, 0.5) is 5.69 Å². The molecule has 166 valence electrons. The third kappa shape index (κ3) is 6.53. The van der Waals surface area contributed by atoms with E-state index >= 15 is 0 Å². The number of methoxy groups -OCH3 is 1. The predicted molar refractivity (Wildman–Crippen MR) is 131 cm³/mol. The summed E-state index contributed by atoms with van der Waals surface area (Å²) in [6.45, 7) is 5.43. The molecule has 1 saturated heterocycles. The number of hydrogen-bond acceptors (Lipinski definition) is 5. The van der Waals surface area contributed by atoms with Crippen molar-refractivity contribution in [3.63, 3.8) is 0 Å². The molecule has 2 N–H and O–H groups in total. The number of furan rings is 1. The van der Waals surface area contributed by atoms with Gasteiger partial charge in [0.25, 0.3) is 0 Å². The number of nitrogens with one attached hydrogen (secondary N) is 2. The highest BCUT2D eigenvalue weighted by molar-refractivity contribution is 14.0. The van der Waals surface area contributed by atoms with Crippen molar-refractivity contribution in [1.82, 2.24) is 10.2 Å². The van der Waals surface area contributed by atoms with Crippen molar-refractivity contribution < 1.29 is 13.9 Å². The van der Waals surface area contributed by atoms with Gasteiger partial charge in [-0.2, -0.15) is 0 Å². The Bertz CT molecular complexity index is 777. The molecule has 0 amide bonds. The minimum Gasteiger partial charge on any atom is -0.493 e. The summed E-state index contributed by atoms with van der Waals surface area (Å²) in [5.74, 6) is 3.10. The van der Waals surface area contributed by atoms with Crippen molar-refractivity contribution in [2.24, 2.45) is 4.99 Å². The number of ether oxygens (including phenoxy) is 2. The molecule has 1 atom stereocenters. The van der Waals surface area contributed by atoms with E-state index in [1.54, 1.807) is 20.4 Å². The van der Waals surface area contributed by atoms with Crippen LogP contribution in [-0.2, 0) is 0 Å². The van der Waals surface area contributed by atoms with Gasteiger partial charge in [-0.1, -0.05) is 6.42 Å². The molecular formula is C22H33IN4O3. The fourth-order valence-corrected chi connectivity index (χ4v) is 3.65. The molecule has 1 aromatic carbocycles. The second-order valence-corrected chi connectivity index (χ2v) is 7.00. The van der Waals surface area contributed by atoms with Crippen LogP contribution >= 0.6 is 24.0 Å². The minimum atomic E-state index is 0. The first-order chi connectivity index (χ1) is 14.2. The first-order valence-corrected chi connectivity index (χ1v) is 10.3. The lowest BCUT2D eigenvalue weighted by molar-refractivity contribution is 0.146. The number of rotatable bonds is 8. The first kappa shape index (κ1) is 24.3. The molecule has 8 heteroatoms. The molecule has 1 aliphatic heterocycles. The van der Waals surface area contributed by atoms with Crippen molar-refractivity contribution in [2.45, 2.75) is 32.2 Å². The average Bonchev–Trinajstić information content (AvgIpc) is 3.29. The highest BCUT2D eigenvalue weighted by atomic mass is 127. The van der Waals surface area contributed by atoms with Gasteiger partial charge in [0.1, 0.15) is 5.76 Å². The van der Waals surface area contributed by atoms with Crippen LogP contribution < -0.4 is 20.1 Å². The van der Waals surface area contributed by atoms with Crippen LogP contribution in [0.1, 0.15) is 38.0 Å². The first-order valence-electron chi connectivity index (χ1n) is 10.3. The zero-order chi connectivity index (χ0) is 20.5. The minimum absolute atomic E-state index is 0. The van der Waals surface area contributed by atoms with Gasteiger partial charge < -0.3 is 24.5 Å². The van der Waals surface area contributed by atoms with Crippen LogP contribution in [0.2, 0.25) is 0 Å². The van der Waals surface area contributed by atoms with E-state index in [-0.39, 0.29) is 30.0 Å². The van der Waals surface area contributed by atoms with Crippen LogP contribution in [0.15, 0.2) is 46.0 Å². The van der Waals surface area contributed by atoms with Gasteiger partial charge in [-0.3, -0.25) is 9.89 Å². The molecule has 0 saturated carbocycles. The summed E-state index contributed by atoms with van der Waals surface area (Å²) in [7, 11) is 3.41. The number of aliphatic imine (C=N–C) groups is 1. The summed E-state index contributed by atoms with van der Waals surface area (Å²) >= 11 is 0. The Morgan fingerprint density at radius 1 is 1.20 bits per heavy atom. The number of piperidine rings is 1. The summed E-state index contributed by atoms with van der Waals surface area (Å²) in [5, 5.41) is 6.79. The topological polar surface area (TPSA) is 71.3 Å². The Balaban J connectivity index is 0.00000320. The van der Waals surface area contributed by atoms with E-state index < -0.39 is 0 Å². The standard InChI is InChI=1S/C22H32N4O3.HI/c1-4-28-21-15-17(10-11-20(21)27-3)25-22(23-2)24-16-18(19-9-8-14-29-19)26-12-6-5-7-13-26;/h8-11,14-15,18H,4-7,12-13,16H2,1-3H3,(H2,23,24,25);1H. The predicted octanol–water partition coefficient (Wildman–Crippen LogP) is 4.52. The van der Waals surface area contributed by atoms with Crippen molar-refractivity contribution in [3.05, 3.63) is 42.4 Å². The number of hydrogen-bond donors (Lipinski definition) is 2.